The van der Waals surface area contributed by atoms with Crippen LogP contribution in [-0.2, 0) is 12.1 Å². The second kappa shape index (κ2) is 8.16. The van der Waals surface area contributed by atoms with Crippen molar-refractivity contribution >= 4 is 10.9 Å². The first-order chi connectivity index (χ1) is 16.2. The van der Waals surface area contributed by atoms with Crippen LogP contribution < -0.4 is 0 Å². The van der Waals surface area contributed by atoms with Gasteiger partial charge in [0.15, 0.2) is 0 Å². The molecule has 1 saturated carbocycles. The number of rotatable bonds is 6. The Morgan fingerprint density at radius 1 is 1.06 bits per heavy atom. The van der Waals surface area contributed by atoms with Gasteiger partial charge in [-0.1, -0.05) is 36.4 Å². The molecule has 2 aromatic carbocycles. The van der Waals surface area contributed by atoms with E-state index in [4.69, 9.17) is 4.98 Å². The summed E-state index contributed by atoms with van der Waals surface area (Å²) in [6.07, 6.45) is -2.15. The van der Waals surface area contributed by atoms with Crippen molar-refractivity contribution in [2.75, 3.05) is 0 Å². The van der Waals surface area contributed by atoms with Crippen LogP contribution in [0.1, 0.15) is 49.1 Å². The first-order valence-electron chi connectivity index (χ1n) is 11.1. The highest BCUT2D eigenvalue weighted by Crippen LogP contribution is 2.42. The third-order valence-corrected chi connectivity index (χ3v) is 6.33. The van der Waals surface area contributed by atoms with Crippen molar-refractivity contribution < 1.29 is 22.7 Å². The van der Waals surface area contributed by atoms with Crippen molar-refractivity contribution in [3.05, 3.63) is 77.5 Å². The van der Waals surface area contributed by atoms with E-state index >= 15 is 0 Å². The van der Waals surface area contributed by atoms with E-state index in [0.29, 0.717) is 5.92 Å². The summed E-state index contributed by atoms with van der Waals surface area (Å²) < 4.78 is 54.8. The molecule has 4 aromatic rings. The lowest BCUT2D eigenvalue weighted by Gasteiger charge is -2.26. The lowest BCUT2D eigenvalue weighted by molar-refractivity contribution is -0.269. The maximum Gasteiger partial charge on any atom is 0.423 e. The Morgan fingerprint density at radius 3 is 2.44 bits per heavy atom. The predicted octanol–water partition coefficient (Wildman–Crippen LogP) is 5.72. The molecule has 0 bridgehead atoms. The van der Waals surface area contributed by atoms with Crippen LogP contribution in [0.15, 0.2) is 54.7 Å². The minimum absolute atomic E-state index is 0.168. The fraction of sp³-hybridized carbons (Fsp3) is 0.320. The molecule has 1 atom stereocenters. The summed E-state index contributed by atoms with van der Waals surface area (Å²) in [5.74, 6) is 0.0960. The van der Waals surface area contributed by atoms with Crippen LogP contribution in [-0.4, -0.2) is 31.3 Å². The molecule has 1 fully saturated rings. The van der Waals surface area contributed by atoms with Crippen LogP contribution in [0.2, 0.25) is 0 Å². The summed E-state index contributed by atoms with van der Waals surface area (Å²) in [5.41, 5.74) is 0.777. The Hall–Kier alpha value is -3.33. The number of fused-ring (bicyclic) bond motifs is 1. The average molecular weight is 470 g/mol. The zero-order chi connectivity index (χ0) is 24.1. The minimum Gasteiger partial charge on any atom is -0.375 e. The largest absolute Gasteiger partial charge is 0.423 e. The van der Waals surface area contributed by atoms with Crippen LogP contribution in [0, 0.1) is 5.82 Å². The summed E-state index contributed by atoms with van der Waals surface area (Å²) in [4.78, 5) is 4.83. The molecular formula is C25H22F4N4O. The molecule has 1 aliphatic carbocycles. The van der Waals surface area contributed by atoms with Crippen molar-refractivity contribution in [3.8, 4) is 11.1 Å². The number of alkyl halides is 3. The van der Waals surface area contributed by atoms with Gasteiger partial charge < -0.3 is 5.11 Å². The van der Waals surface area contributed by atoms with E-state index in [-0.39, 0.29) is 12.4 Å². The normalized spacial score (nSPS) is 16.1. The quantitative estimate of drug-likeness (QED) is 0.366. The molecule has 9 heteroatoms. The predicted molar refractivity (Wildman–Crippen MR) is 118 cm³/mol. The van der Waals surface area contributed by atoms with Crippen molar-refractivity contribution in [1.82, 2.24) is 20.0 Å². The average Bonchev–Trinajstić information content (AvgIpc) is 3.56. The number of aromatic nitrogens is 4. The number of hydrogen-bond acceptors (Lipinski definition) is 4. The monoisotopic (exact) mass is 470 g/mol. The maximum atomic E-state index is 13.5. The van der Waals surface area contributed by atoms with Gasteiger partial charge in [0.25, 0.3) is 0 Å². The van der Waals surface area contributed by atoms with Crippen LogP contribution in [0.5, 0.6) is 0 Å². The minimum atomic E-state index is -4.86. The van der Waals surface area contributed by atoms with Crippen LogP contribution in [0.25, 0.3) is 22.0 Å². The standard InChI is InChI=1S/C25H22F4N4O/c1-2-24(34,25(27,28)29)23-14-33(32-31-23)13-15-3-10-19-20(16-6-8-18(26)9-7-16)12-21(17-4-5-17)30-22(19)11-15/h3,6-12,14,17,34H,2,4-5,13H2,1H3/t24-/m0/s1. The van der Waals surface area contributed by atoms with Gasteiger partial charge in [-0.25, -0.2) is 9.07 Å². The summed E-state index contributed by atoms with van der Waals surface area (Å²) >= 11 is 0. The molecular weight excluding hydrogens is 448 g/mol. The number of aliphatic hydroxyl groups is 1. The molecule has 5 nitrogen and oxygen atoms in total. The number of nitrogens with zero attached hydrogens (tertiary/aromatic N) is 4. The SMILES string of the molecule is CC[C@](O)(c1cn(Cc2ccc3c(-c4ccc(F)cc4)cc(C4CC4)nc3c2)nn1)C(F)(F)F. The fourth-order valence-electron chi connectivity index (χ4n) is 4.13. The number of pyridine rings is 1. The first-order valence-corrected chi connectivity index (χ1v) is 11.1. The van der Waals surface area contributed by atoms with Crippen LogP contribution >= 0.6 is 0 Å². The lowest BCUT2D eigenvalue weighted by atomic mass is 9.96. The Bertz CT molecular complexity index is 1350. The second-order valence-corrected chi connectivity index (χ2v) is 8.74. The molecule has 0 radical (unpaired) electrons. The molecule has 0 spiro atoms. The number of hydrogen-bond donors (Lipinski definition) is 1. The van der Waals surface area contributed by atoms with Crippen molar-refractivity contribution in [1.29, 1.82) is 0 Å². The van der Waals surface area contributed by atoms with Gasteiger partial charge in [-0.05, 0) is 60.2 Å². The van der Waals surface area contributed by atoms with E-state index in [1.165, 1.54) is 23.7 Å². The molecule has 1 N–H and O–H groups in total. The van der Waals surface area contributed by atoms with E-state index in [2.05, 4.69) is 16.4 Å². The van der Waals surface area contributed by atoms with Gasteiger partial charge in [-0.3, -0.25) is 4.98 Å². The van der Waals surface area contributed by atoms with E-state index in [1.807, 2.05) is 18.2 Å². The van der Waals surface area contributed by atoms with Gasteiger partial charge in [0.1, 0.15) is 11.5 Å². The molecule has 0 amide bonds. The second-order valence-electron chi connectivity index (χ2n) is 8.74. The number of halogens is 4. The summed E-state index contributed by atoms with van der Waals surface area (Å²) in [6.45, 7) is 1.42. The molecule has 0 unspecified atom stereocenters. The topological polar surface area (TPSA) is 63.8 Å². The maximum absolute atomic E-state index is 13.5. The van der Waals surface area contributed by atoms with Gasteiger partial charge >= 0.3 is 6.18 Å². The highest BCUT2D eigenvalue weighted by Gasteiger charge is 2.55. The highest BCUT2D eigenvalue weighted by molar-refractivity contribution is 5.95. The van der Waals surface area contributed by atoms with Crippen molar-refractivity contribution in [3.63, 3.8) is 0 Å². The lowest BCUT2D eigenvalue weighted by Crippen LogP contribution is -2.42. The van der Waals surface area contributed by atoms with Crippen LogP contribution in [0.3, 0.4) is 0 Å². The Balaban J connectivity index is 1.50. The summed E-state index contributed by atoms with van der Waals surface area (Å²) in [6, 6.07) is 14.0. The molecule has 2 heterocycles. The fourth-order valence-corrected chi connectivity index (χ4v) is 4.13. The number of benzene rings is 2. The third-order valence-electron chi connectivity index (χ3n) is 6.33. The summed E-state index contributed by atoms with van der Waals surface area (Å²) in [7, 11) is 0. The van der Waals surface area contributed by atoms with Gasteiger partial charge in [0, 0.05) is 17.0 Å². The van der Waals surface area contributed by atoms with Gasteiger partial charge in [0.05, 0.1) is 18.3 Å². The molecule has 34 heavy (non-hydrogen) atoms. The molecule has 2 aromatic heterocycles. The van der Waals surface area contributed by atoms with Crippen molar-refractivity contribution in [2.24, 2.45) is 0 Å². The Kier molecular flexibility index (Phi) is 5.39. The van der Waals surface area contributed by atoms with E-state index in [9.17, 15) is 22.7 Å². The molecule has 5 rings (SSSR count). The first kappa shape index (κ1) is 22.5. The highest BCUT2D eigenvalue weighted by atomic mass is 19.4. The van der Waals surface area contributed by atoms with Crippen molar-refractivity contribution in [2.45, 2.75) is 50.4 Å². The Labute approximate surface area is 193 Å². The van der Waals surface area contributed by atoms with Gasteiger partial charge in [-0.15, -0.1) is 5.10 Å². The molecule has 0 saturated heterocycles. The van der Waals surface area contributed by atoms with E-state index < -0.39 is 23.9 Å². The molecule has 176 valence electrons. The van der Waals surface area contributed by atoms with Gasteiger partial charge in [0.2, 0.25) is 5.60 Å². The molecule has 0 aliphatic heterocycles. The Morgan fingerprint density at radius 2 is 1.79 bits per heavy atom. The van der Waals surface area contributed by atoms with E-state index in [0.717, 1.165) is 52.3 Å². The zero-order valence-electron chi connectivity index (χ0n) is 18.3. The van der Waals surface area contributed by atoms with Crippen LogP contribution in [0.4, 0.5) is 17.6 Å². The van der Waals surface area contributed by atoms with E-state index in [1.54, 1.807) is 12.1 Å². The van der Waals surface area contributed by atoms with Gasteiger partial charge in [-0.2, -0.15) is 13.2 Å². The zero-order valence-corrected chi connectivity index (χ0v) is 18.3. The third kappa shape index (κ3) is 4.04. The molecule has 1 aliphatic rings. The smallest absolute Gasteiger partial charge is 0.375 e. The summed E-state index contributed by atoms with van der Waals surface area (Å²) in [5, 5.41) is 18.4.